The van der Waals surface area contributed by atoms with E-state index in [-0.39, 0.29) is 11.9 Å². The van der Waals surface area contributed by atoms with Crippen LogP contribution in [0.1, 0.15) is 12.8 Å². The van der Waals surface area contributed by atoms with Crippen LogP contribution in [0.5, 0.6) is 0 Å². The van der Waals surface area contributed by atoms with Gasteiger partial charge in [-0.15, -0.1) is 0 Å². The first-order valence-electron chi connectivity index (χ1n) is 5.28. The fraction of sp³-hybridized carbons (Fsp3) is 0.500. The SMILES string of the molecule is O=S(=O)(CC1CCCO1)Nc1cnccc1Cl. The zero-order valence-corrected chi connectivity index (χ0v) is 10.7. The lowest BCUT2D eigenvalue weighted by Crippen LogP contribution is -2.25. The van der Waals surface area contributed by atoms with E-state index in [0.717, 1.165) is 12.8 Å². The van der Waals surface area contributed by atoms with E-state index >= 15 is 0 Å². The molecule has 1 atom stereocenters. The Morgan fingerprint density at radius 3 is 3.06 bits per heavy atom. The zero-order valence-electron chi connectivity index (χ0n) is 9.10. The molecule has 5 nitrogen and oxygen atoms in total. The molecule has 1 N–H and O–H groups in total. The first kappa shape index (κ1) is 12.6. The van der Waals surface area contributed by atoms with Gasteiger partial charge >= 0.3 is 0 Å². The van der Waals surface area contributed by atoms with Gasteiger partial charge in [-0.3, -0.25) is 9.71 Å². The van der Waals surface area contributed by atoms with E-state index in [1.807, 2.05) is 0 Å². The van der Waals surface area contributed by atoms with Crippen LogP contribution < -0.4 is 4.72 Å². The van der Waals surface area contributed by atoms with E-state index in [2.05, 4.69) is 9.71 Å². The minimum absolute atomic E-state index is 0.0434. The zero-order chi connectivity index (χ0) is 12.3. The number of aromatic nitrogens is 1. The number of rotatable bonds is 4. The lowest BCUT2D eigenvalue weighted by molar-refractivity contribution is 0.127. The van der Waals surface area contributed by atoms with Gasteiger partial charge in [0.15, 0.2) is 0 Å². The van der Waals surface area contributed by atoms with Gasteiger partial charge in [0.25, 0.3) is 0 Å². The smallest absolute Gasteiger partial charge is 0.235 e. The van der Waals surface area contributed by atoms with Crippen molar-refractivity contribution < 1.29 is 13.2 Å². The molecule has 1 aliphatic rings. The van der Waals surface area contributed by atoms with Crippen molar-refractivity contribution >= 4 is 27.3 Å². The number of hydrogen-bond acceptors (Lipinski definition) is 4. The minimum atomic E-state index is -3.44. The van der Waals surface area contributed by atoms with E-state index in [1.165, 1.54) is 18.5 Å². The van der Waals surface area contributed by atoms with Gasteiger partial charge in [-0.05, 0) is 18.9 Å². The summed E-state index contributed by atoms with van der Waals surface area (Å²) in [6, 6.07) is 1.53. The molecular weight excluding hydrogens is 264 g/mol. The maximum atomic E-state index is 11.8. The number of halogens is 1. The lowest BCUT2D eigenvalue weighted by atomic mass is 10.3. The topological polar surface area (TPSA) is 68.3 Å². The molecule has 1 unspecified atom stereocenters. The summed E-state index contributed by atoms with van der Waals surface area (Å²) in [6.07, 6.45) is 4.36. The monoisotopic (exact) mass is 276 g/mol. The maximum Gasteiger partial charge on any atom is 0.235 e. The van der Waals surface area contributed by atoms with E-state index in [1.54, 1.807) is 0 Å². The summed E-state index contributed by atoms with van der Waals surface area (Å²) in [5.74, 6) is -0.0434. The molecule has 1 aromatic heterocycles. The molecule has 94 valence electrons. The lowest BCUT2D eigenvalue weighted by Gasteiger charge is -2.12. The number of hydrogen-bond donors (Lipinski definition) is 1. The third-order valence-corrected chi connectivity index (χ3v) is 4.13. The highest BCUT2D eigenvalue weighted by atomic mass is 35.5. The summed E-state index contributed by atoms with van der Waals surface area (Å²) in [7, 11) is -3.44. The first-order chi connectivity index (χ1) is 8.07. The number of ether oxygens (including phenoxy) is 1. The highest BCUT2D eigenvalue weighted by Gasteiger charge is 2.23. The summed E-state index contributed by atoms with van der Waals surface area (Å²) in [4.78, 5) is 3.82. The molecule has 0 radical (unpaired) electrons. The Labute approximate surface area is 105 Å². The van der Waals surface area contributed by atoms with Crippen LogP contribution in [0.3, 0.4) is 0 Å². The normalized spacial score (nSPS) is 20.4. The molecule has 0 aliphatic carbocycles. The van der Waals surface area contributed by atoms with Crippen LogP contribution in [0.4, 0.5) is 5.69 Å². The fourth-order valence-corrected chi connectivity index (χ4v) is 3.22. The van der Waals surface area contributed by atoms with Crippen molar-refractivity contribution in [1.29, 1.82) is 0 Å². The van der Waals surface area contributed by atoms with Crippen LogP contribution in [0.2, 0.25) is 5.02 Å². The molecule has 0 bridgehead atoms. The van der Waals surface area contributed by atoms with Crippen LogP contribution in [-0.2, 0) is 14.8 Å². The van der Waals surface area contributed by atoms with Gasteiger partial charge in [0, 0.05) is 12.8 Å². The Kier molecular flexibility index (Phi) is 3.86. The predicted octanol–water partition coefficient (Wildman–Crippen LogP) is 1.66. The highest BCUT2D eigenvalue weighted by Crippen LogP contribution is 2.21. The maximum absolute atomic E-state index is 11.8. The average Bonchev–Trinajstić information content (AvgIpc) is 2.73. The molecule has 0 amide bonds. The summed E-state index contributed by atoms with van der Waals surface area (Å²) in [5.41, 5.74) is 0.298. The second-order valence-electron chi connectivity index (χ2n) is 3.87. The van der Waals surface area contributed by atoms with E-state index in [0.29, 0.717) is 17.3 Å². The quantitative estimate of drug-likeness (QED) is 0.908. The van der Waals surface area contributed by atoms with Crippen LogP contribution in [0.15, 0.2) is 18.5 Å². The van der Waals surface area contributed by atoms with Gasteiger partial charge in [0.2, 0.25) is 10.0 Å². The molecule has 1 aromatic rings. The van der Waals surface area contributed by atoms with Gasteiger partial charge < -0.3 is 4.74 Å². The van der Waals surface area contributed by atoms with E-state index < -0.39 is 10.0 Å². The fourth-order valence-electron chi connectivity index (χ4n) is 1.68. The summed E-state index contributed by atoms with van der Waals surface area (Å²) in [5, 5.41) is 0.330. The van der Waals surface area contributed by atoms with Crippen LogP contribution in [0.25, 0.3) is 0 Å². The predicted molar refractivity (Wildman–Crippen MR) is 65.6 cm³/mol. The van der Waals surface area contributed by atoms with Crippen molar-refractivity contribution in [1.82, 2.24) is 4.98 Å². The van der Waals surface area contributed by atoms with Crippen molar-refractivity contribution in [3.8, 4) is 0 Å². The molecule has 0 aromatic carbocycles. The van der Waals surface area contributed by atoms with Gasteiger partial charge in [-0.25, -0.2) is 8.42 Å². The third kappa shape index (κ3) is 3.55. The molecule has 2 heterocycles. The molecule has 7 heteroatoms. The summed E-state index contributed by atoms with van der Waals surface area (Å²) in [6.45, 7) is 0.633. The Balaban J connectivity index is 2.04. The number of nitrogens with one attached hydrogen (secondary N) is 1. The van der Waals surface area contributed by atoms with Gasteiger partial charge in [0.1, 0.15) is 0 Å². The summed E-state index contributed by atoms with van der Waals surface area (Å²) < 4.78 is 31.4. The molecule has 1 fully saturated rings. The van der Waals surface area contributed by atoms with Gasteiger partial charge in [0.05, 0.1) is 28.8 Å². The van der Waals surface area contributed by atoms with Crippen molar-refractivity contribution in [3.05, 3.63) is 23.5 Å². The first-order valence-corrected chi connectivity index (χ1v) is 7.31. The van der Waals surface area contributed by atoms with Crippen molar-refractivity contribution in [2.45, 2.75) is 18.9 Å². The third-order valence-electron chi connectivity index (χ3n) is 2.46. The van der Waals surface area contributed by atoms with Crippen LogP contribution in [0, 0.1) is 0 Å². The van der Waals surface area contributed by atoms with Gasteiger partial charge in [-0.1, -0.05) is 11.6 Å². The Morgan fingerprint density at radius 2 is 2.41 bits per heavy atom. The van der Waals surface area contributed by atoms with Crippen molar-refractivity contribution in [2.24, 2.45) is 0 Å². The number of pyridine rings is 1. The number of nitrogens with zero attached hydrogens (tertiary/aromatic N) is 1. The summed E-state index contributed by atoms with van der Waals surface area (Å²) >= 11 is 5.85. The van der Waals surface area contributed by atoms with E-state index in [9.17, 15) is 8.42 Å². The molecule has 1 aliphatic heterocycles. The molecular formula is C10H13ClN2O3S. The van der Waals surface area contributed by atoms with Gasteiger partial charge in [-0.2, -0.15) is 0 Å². The Bertz CT molecular complexity index is 486. The Hall–Kier alpha value is -0.850. The standard InChI is InChI=1S/C10H13ClN2O3S/c11-9-3-4-12-6-10(9)13-17(14,15)7-8-2-1-5-16-8/h3-4,6,8,13H,1-2,5,7H2. The Morgan fingerprint density at radius 1 is 1.59 bits per heavy atom. The molecule has 0 saturated carbocycles. The molecule has 2 rings (SSSR count). The largest absolute Gasteiger partial charge is 0.377 e. The van der Waals surface area contributed by atoms with Crippen molar-refractivity contribution in [3.63, 3.8) is 0 Å². The number of anilines is 1. The minimum Gasteiger partial charge on any atom is -0.377 e. The average molecular weight is 277 g/mol. The molecule has 17 heavy (non-hydrogen) atoms. The van der Waals surface area contributed by atoms with Crippen LogP contribution >= 0.6 is 11.6 Å². The second-order valence-corrected chi connectivity index (χ2v) is 6.05. The van der Waals surface area contributed by atoms with Crippen LogP contribution in [-0.4, -0.2) is 31.9 Å². The molecule has 0 spiro atoms. The second kappa shape index (κ2) is 5.20. The van der Waals surface area contributed by atoms with Crippen molar-refractivity contribution in [2.75, 3.05) is 17.1 Å². The molecule has 1 saturated heterocycles. The van der Waals surface area contributed by atoms with E-state index in [4.69, 9.17) is 16.3 Å². The number of sulfonamides is 1. The highest BCUT2D eigenvalue weighted by molar-refractivity contribution is 7.92.